The second-order valence-electron chi connectivity index (χ2n) is 4.12. The van der Waals surface area contributed by atoms with E-state index in [1.807, 2.05) is 30.3 Å². The van der Waals surface area contributed by atoms with Crippen molar-refractivity contribution < 1.29 is 8.91 Å². The average molecular weight is 254 g/mol. The van der Waals surface area contributed by atoms with E-state index in [4.69, 9.17) is 10.3 Å². The molecular formula is C15H11FN2O. The fourth-order valence-corrected chi connectivity index (χ4v) is 2.02. The molecule has 0 aliphatic carbocycles. The van der Waals surface area contributed by atoms with Crippen LogP contribution in [0.25, 0.3) is 22.4 Å². The Kier molecular flexibility index (Phi) is 2.76. The number of hydrogen-bond donors (Lipinski definition) is 1. The Labute approximate surface area is 109 Å². The van der Waals surface area contributed by atoms with Gasteiger partial charge in [0, 0.05) is 11.1 Å². The summed E-state index contributed by atoms with van der Waals surface area (Å²) in [5.41, 5.74) is 8.04. The Morgan fingerprint density at radius 1 is 0.947 bits per heavy atom. The van der Waals surface area contributed by atoms with Crippen LogP contribution in [0, 0.1) is 5.82 Å². The molecule has 1 aromatic heterocycles. The SMILES string of the molecule is Nc1onc(-c2ccccc2)c1-c1ccccc1F. The zero-order chi connectivity index (χ0) is 13.2. The van der Waals surface area contributed by atoms with E-state index in [-0.39, 0.29) is 11.7 Å². The second-order valence-corrected chi connectivity index (χ2v) is 4.12. The fourth-order valence-electron chi connectivity index (χ4n) is 2.02. The lowest BCUT2D eigenvalue weighted by molar-refractivity contribution is 0.439. The van der Waals surface area contributed by atoms with Gasteiger partial charge >= 0.3 is 0 Å². The molecule has 4 heteroatoms. The van der Waals surface area contributed by atoms with Crippen LogP contribution in [0.1, 0.15) is 0 Å². The molecule has 0 fully saturated rings. The normalized spacial score (nSPS) is 10.6. The highest BCUT2D eigenvalue weighted by Gasteiger charge is 2.19. The second kappa shape index (κ2) is 4.57. The quantitative estimate of drug-likeness (QED) is 0.758. The first-order valence-electron chi connectivity index (χ1n) is 5.83. The van der Waals surface area contributed by atoms with Gasteiger partial charge in [0.25, 0.3) is 0 Å². The maximum absolute atomic E-state index is 13.9. The van der Waals surface area contributed by atoms with Gasteiger partial charge in [0.1, 0.15) is 11.5 Å². The van der Waals surface area contributed by atoms with E-state index in [1.54, 1.807) is 18.2 Å². The lowest BCUT2D eigenvalue weighted by Crippen LogP contribution is -1.90. The van der Waals surface area contributed by atoms with Gasteiger partial charge in [-0.3, -0.25) is 0 Å². The summed E-state index contributed by atoms with van der Waals surface area (Å²) in [7, 11) is 0. The number of anilines is 1. The van der Waals surface area contributed by atoms with Crippen LogP contribution in [0.3, 0.4) is 0 Å². The van der Waals surface area contributed by atoms with Gasteiger partial charge < -0.3 is 10.3 Å². The lowest BCUT2D eigenvalue weighted by atomic mass is 10.0. The molecule has 2 aromatic carbocycles. The van der Waals surface area contributed by atoms with Crippen molar-refractivity contribution in [3.05, 3.63) is 60.4 Å². The van der Waals surface area contributed by atoms with Crippen molar-refractivity contribution in [2.75, 3.05) is 5.73 Å². The number of aromatic nitrogens is 1. The zero-order valence-electron chi connectivity index (χ0n) is 10.0. The van der Waals surface area contributed by atoms with E-state index in [1.165, 1.54) is 6.07 Å². The maximum Gasteiger partial charge on any atom is 0.230 e. The molecule has 3 rings (SSSR count). The molecule has 0 aliphatic heterocycles. The van der Waals surface area contributed by atoms with Crippen molar-refractivity contribution in [3.8, 4) is 22.4 Å². The van der Waals surface area contributed by atoms with Gasteiger partial charge in [0.2, 0.25) is 5.88 Å². The van der Waals surface area contributed by atoms with E-state index in [2.05, 4.69) is 5.16 Å². The summed E-state index contributed by atoms with van der Waals surface area (Å²) in [6.07, 6.45) is 0. The molecule has 94 valence electrons. The molecule has 0 amide bonds. The van der Waals surface area contributed by atoms with E-state index < -0.39 is 0 Å². The molecule has 0 bridgehead atoms. The maximum atomic E-state index is 13.9. The summed E-state index contributed by atoms with van der Waals surface area (Å²) >= 11 is 0. The standard InChI is InChI=1S/C15H11FN2O/c16-12-9-5-4-8-11(12)13-14(18-19-15(13)17)10-6-2-1-3-7-10/h1-9H,17H2. The highest BCUT2D eigenvalue weighted by molar-refractivity contribution is 5.86. The predicted octanol–water partition coefficient (Wildman–Crippen LogP) is 3.73. The first-order valence-corrected chi connectivity index (χ1v) is 5.83. The topological polar surface area (TPSA) is 52.0 Å². The zero-order valence-corrected chi connectivity index (χ0v) is 10.0. The van der Waals surface area contributed by atoms with Gasteiger partial charge in [0.05, 0.1) is 5.56 Å². The van der Waals surface area contributed by atoms with Crippen molar-refractivity contribution in [2.24, 2.45) is 0 Å². The Bertz CT molecular complexity index is 707. The van der Waals surface area contributed by atoms with Crippen molar-refractivity contribution in [1.29, 1.82) is 0 Å². The van der Waals surface area contributed by atoms with E-state index in [9.17, 15) is 4.39 Å². The molecule has 0 atom stereocenters. The molecule has 0 aliphatic rings. The van der Waals surface area contributed by atoms with Gasteiger partial charge in [-0.15, -0.1) is 0 Å². The summed E-state index contributed by atoms with van der Waals surface area (Å²) in [5, 5.41) is 3.94. The van der Waals surface area contributed by atoms with Crippen LogP contribution < -0.4 is 5.73 Å². The van der Waals surface area contributed by atoms with Crippen LogP contribution in [-0.2, 0) is 0 Å². The summed E-state index contributed by atoms with van der Waals surface area (Å²) in [6.45, 7) is 0. The Morgan fingerprint density at radius 2 is 1.63 bits per heavy atom. The Morgan fingerprint density at radius 3 is 2.37 bits per heavy atom. The number of nitrogen functional groups attached to an aromatic ring is 1. The van der Waals surface area contributed by atoms with Crippen molar-refractivity contribution in [3.63, 3.8) is 0 Å². The molecule has 0 spiro atoms. The Balaban J connectivity index is 2.23. The number of rotatable bonds is 2. The summed E-state index contributed by atoms with van der Waals surface area (Å²) in [4.78, 5) is 0. The lowest BCUT2D eigenvalue weighted by Gasteiger charge is -2.03. The molecule has 2 N–H and O–H groups in total. The molecular weight excluding hydrogens is 243 g/mol. The first-order chi connectivity index (χ1) is 9.27. The summed E-state index contributed by atoms with van der Waals surface area (Å²) in [6, 6.07) is 15.8. The number of hydrogen-bond acceptors (Lipinski definition) is 3. The summed E-state index contributed by atoms with van der Waals surface area (Å²) < 4.78 is 18.9. The van der Waals surface area contributed by atoms with Gasteiger partial charge in [-0.2, -0.15) is 0 Å². The minimum Gasteiger partial charge on any atom is -0.367 e. The molecule has 0 saturated heterocycles. The van der Waals surface area contributed by atoms with Crippen molar-refractivity contribution in [2.45, 2.75) is 0 Å². The molecule has 0 unspecified atom stereocenters. The van der Waals surface area contributed by atoms with E-state index in [0.29, 0.717) is 16.8 Å². The first kappa shape index (κ1) is 11.5. The highest BCUT2D eigenvalue weighted by Crippen LogP contribution is 2.37. The fraction of sp³-hybridized carbons (Fsp3) is 0. The van der Waals surface area contributed by atoms with Gasteiger partial charge in [-0.25, -0.2) is 4.39 Å². The minimum absolute atomic E-state index is 0.115. The highest BCUT2D eigenvalue weighted by atomic mass is 19.1. The van der Waals surface area contributed by atoms with Crippen molar-refractivity contribution >= 4 is 5.88 Å². The molecule has 3 nitrogen and oxygen atoms in total. The van der Waals surface area contributed by atoms with Gasteiger partial charge in [-0.05, 0) is 6.07 Å². The molecule has 3 aromatic rings. The number of nitrogens with two attached hydrogens (primary N) is 1. The monoisotopic (exact) mass is 254 g/mol. The van der Waals surface area contributed by atoms with Crippen LogP contribution in [0.5, 0.6) is 0 Å². The van der Waals surface area contributed by atoms with E-state index in [0.717, 1.165) is 5.56 Å². The Hall–Kier alpha value is -2.62. The van der Waals surface area contributed by atoms with E-state index >= 15 is 0 Å². The van der Waals surface area contributed by atoms with Crippen LogP contribution in [0.15, 0.2) is 59.1 Å². The number of halogens is 1. The molecule has 0 saturated carbocycles. The van der Waals surface area contributed by atoms with Crippen LogP contribution in [-0.4, -0.2) is 5.16 Å². The summed E-state index contributed by atoms with van der Waals surface area (Å²) in [5.74, 6) is -0.237. The average Bonchev–Trinajstić information content (AvgIpc) is 2.82. The van der Waals surface area contributed by atoms with Gasteiger partial charge in [-0.1, -0.05) is 53.7 Å². The molecule has 0 radical (unpaired) electrons. The van der Waals surface area contributed by atoms with Crippen molar-refractivity contribution in [1.82, 2.24) is 5.16 Å². The van der Waals surface area contributed by atoms with Crippen LogP contribution >= 0.6 is 0 Å². The van der Waals surface area contributed by atoms with Crippen LogP contribution in [0.4, 0.5) is 10.3 Å². The minimum atomic E-state index is -0.352. The number of benzene rings is 2. The third-order valence-electron chi connectivity index (χ3n) is 2.91. The third kappa shape index (κ3) is 1.97. The number of nitrogens with zero attached hydrogens (tertiary/aromatic N) is 1. The molecule has 19 heavy (non-hydrogen) atoms. The predicted molar refractivity (Wildman–Crippen MR) is 71.7 cm³/mol. The molecule has 1 heterocycles. The van der Waals surface area contributed by atoms with Gasteiger partial charge in [0.15, 0.2) is 0 Å². The third-order valence-corrected chi connectivity index (χ3v) is 2.91. The smallest absolute Gasteiger partial charge is 0.230 e. The van der Waals surface area contributed by atoms with Crippen LogP contribution in [0.2, 0.25) is 0 Å². The largest absolute Gasteiger partial charge is 0.367 e.